The summed E-state index contributed by atoms with van der Waals surface area (Å²) in [6, 6.07) is 7.74. The van der Waals surface area contributed by atoms with Gasteiger partial charge in [-0.1, -0.05) is 24.3 Å². The quantitative estimate of drug-likeness (QED) is 0.318. The van der Waals surface area contributed by atoms with Gasteiger partial charge in [0.25, 0.3) is 0 Å². The van der Waals surface area contributed by atoms with Crippen molar-refractivity contribution in [3.8, 4) is 0 Å². The molecule has 8 heteroatoms. The summed E-state index contributed by atoms with van der Waals surface area (Å²) in [4.78, 5) is 29.3. The van der Waals surface area contributed by atoms with Gasteiger partial charge in [-0.3, -0.25) is 4.79 Å². The van der Waals surface area contributed by atoms with Crippen molar-refractivity contribution in [2.24, 2.45) is 0 Å². The lowest BCUT2D eigenvalue weighted by atomic mass is 10.1. The maximum absolute atomic E-state index is 11.1. The Bertz CT molecular complexity index is 490. The number of aliphatic hydroxyl groups is 1. The number of methoxy groups -OCH3 is 1. The Morgan fingerprint density at radius 3 is 2.23 bits per heavy atom. The van der Waals surface area contributed by atoms with Crippen molar-refractivity contribution in [3.05, 3.63) is 35.4 Å². The summed E-state index contributed by atoms with van der Waals surface area (Å²) < 4.78 is 4.60. The van der Waals surface area contributed by atoms with E-state index in [2.05, 4.69) is 10.1 Å². The van der Waals surface area contributed by atoms with E-state index in [1.165, 1.54) is 7.11 Å². The van der Waals surface area contributed by atoms with Crippen LogP contribution < -0.4 is 5.32 Å². The van der Waals surface area contributed by atoms with Crippen LogP contribution in [0.5, 0.6) is 0 Å². The Morgan fingerprint density at radius 2 is 1.73 bits per heavy atom. The molecular formula is C14H19NO7. The van der Waals surface area contributed by atoms with Gasteiger partial charge in [0.15, 0.2) is 0 Å². The van der Waals surface area contributed by atoms with Crippen LogP contribution in [0.15, 0.2) is 24.3 Å². The molecule has 0 spiro atoms. The number of carbonyl (C=O) groups excluding carboxylic acids is 1. The van der Waals surface area contributed by atoms with Crippen molar-refractivity contribution in [1.82, 2.24) is 5.32 Å². The third-order valence-electron chi connectivity index (χ3n) is 2.37. The lowest BCUT2D eigenvalue weighted by Gasteiger charge is -2.05. The highest BCUT2D eigenvalue weighted by Crippen LogP contribution is 2.06. The van der Waals surface area contributed by atoms with Gasteiger partial charge in [0.1, 0.15) is 0 Å². The van der Waals surface area contributed by atoms with Crippen LogP contribution in [0.25, 0.3) is 0 Å². The number of nitrogens with one attached hydrogen (secondary N) is 1. The summed E-state index contributed by atoms with van der Waals surface area (Å²) in [6.07, 6.45) is 0.296. The number of aliphatic carboxylic acids is 2. The third-order valence-corrected chi connectivity index (χ3v) is 2.37. The Balaban J connectivity index is 0.000000626. The number of ether oxygens (including phenoxy) is 1. The molecule has 0 bridgehead atoms. The van der Waals surface area contributed by atoms with Gasteiger partial charge in [-0.25, -0.2) is 9.59 Å². The summed E-state index contributed by atoms with van der Waals surface area (Å²) in [5, 5.41) is 26.5. The Hall–Kier alpha value is -2.45. The Labute approximate surface area is 127 Å². The smallest absolute Gasteiger partial charge is 0.414 e. The molecule has 0 radical (unpaired) electrons. The zero-order valence-electron chi connectivity index (χ0n) is 12.1. The number of hydrogen-bond acceptors (Lipinski definition) is 6. The highest BCUT2D eigenvalue weighted by molar-refractivity contribution is 6.27. The molecule has 0 fully saturated rings. The van der Waals surface area contributed by atoms with Gasteiger partial charge >= 0.3 is 17.9 Å². The lowest BCUT2D eigenvalue weighted by molar-refractivity contribution is -0.159. The van der Waals surface area contributed by atoms with Crippen LogP contribution in [0.4, 0.5) is 0 Å². The summed E-state index contributed by atoms with van der Waals surface area (Å²) >= 11 is 0. The molecule has 0 heterocycles. The molecule has 4 N–H and O–H groups in total. The molecule has 1 aromatic rings. The van der Waals surface area contributed by atoms with Crippen LogP contribution in [0.1, 0.15) is 11.1 Å². The van der Waals surface area contributed by atoms with E-state index in [1.54, 1.807) is 0 Å². The monoisotopic (exact) mass is 313 g/mol. The topological polar surface area (TPSA) is 133 Å². The molecule has 22 heavy (non-hydrogen) atoms. The van der Waals surface area contributed by atoms with Crippen LogP contribution in [0, 0.1) is 0 Å². The fourth-order valence-corrected chi connectivity index (χ4v) is 1.40. The van der Waals surface area contributed by atoms with Crippen molar-refractivity contribution in [2.75, 3.05) is 20.3 Å². The minimum Gasteiger partial charge on any atom is -0.473 e. The molecule has 0 aliphatic rings. The van der Waals surface area contributed by atoms with Crippen LogP contribution in [-0.4, -0.2) is 53.5 Å². The molecule has 1 aromatic carbocycles. The van der Waals surface area contributed by atoms with Gasteiger partial charge < -0.3 is 25.4 Å². The van der Waals surface area contributed by atoms with E-state index in [1.807, 2.05) is 24.3 Å². The first kappa shape index (κ1) is 19.6. The predicted octanol–water partition coefficient (Wildman–Crippen LogP) is -0.360. The molecule has 1 rings (SSSR count). The maximum Gasteiger partial charge on any atom is 0.414 e. The lowest BCUT2D eigenvalue weighted by Crippen LogP contribution is -2.17. The number of carboxylic acid groups (broad SMARTS) is 2. The van der Waals surface area contributed by atoms with E-state index in [0.29, 0.717) is 19.5 Å². The van der Waals surface area contributed by atoms with E-state index in [0.717, 1.165) is 11.1 Å². The first-order valence-corrected chi connectivity index (χ1v) is 6.33. The molecule has 0 aliphatic heterocycles. The minimum absolute atomic E-state index is 0.127. The third kappa shape index (κ3) is 9.45. The number of carbonyl (C=O) groups is 3. The fourth-order valence-electron chi connectivity index (χ4n) is 1.40. The molecular weight excluding hydrogens is 294 g/mol. The van der Waals surface area contributed by atoms with E-state index in [-0.39, 0.29) is 12.6 Å². The zero-order valence-corrected chi connectivity index (χ0v) is 12.1. The summed E-state index contributed by atoms with van der Waals surface area (Å²) in [7, 11) is 1.38. The van der Waals surface area contributed by atoms with Crippen LogP contribution >= 0.6 is 0 Å². The standard InChI is InChI=1S/C12H17NO3.C2H2O4/c1-16-12(15)8-10-3-2-4-11(7-10)9-13-5-6-14;3-1(4)2(5)6/h2-4,7,13-14H,5-6,8-9H2,1H3;(H,3,4)(H,5,6). The summed E-state index contributed by atoms with van der Waals surface area (Å²) in [6.45, 7) is 1.39. The molecule has 0 aliphatic carbocycles. The van der Waals surface area contributed by atoms with Crippen molar-refractivity contribution < 1.29 is 34.4 Å². The van der Waals surface area contributed by atoms with Gasteiger partial charge in [-0.15, -0.1) is 0 Å². The van der Waals surface area contributed by atoms with Crippen LogP contribution in [-0.2, 0) is 32.1 Å². The molecule has 122 valence electrons. The number of aliphatic hydroxyl groups excluding tert-OH is 1. The van der Waals surface area contributed by atoms with E-state index < -0.39 is 11.9 Å². The van der Waals surface area contributed by atoms with Crippen molar-refractivity contribution in [3.63, 3.8) is 0 Å². The molecule has 0 saturated heterocycles. The Kier molecular flexibility index (Phi) is 9.98. The van der Waals surface area contributed by atoms with Gasteiger partial charge in [0.2, 0.25) is 0 Å². The number of rotatable bonds is 6. The number of esters is 1. The zero-order chi connectivity index (χ0) is 17.0. The van der Waals surface area contributed by atoms with Crippen LogP contribution in [0.2, 0.25) is 0 Å². The molecule has 0 saturated carbocycles. The average molecular weight is 313 g/mol. The molecule has 0 atom stereocenters. The van der Waals surface area contributed by atoms with Gasteiger partial charge in [0.05, 0.1) is 20.1 Å². The van der Waals surface area contributed by atoms with Gasteiger partial charge in [-0.05, 0) is 11.1 Å². The Morgan fingerprint density at radius 1 is 1.14 bits per heavy atom. The summed E-state index contributed by atoms with van der Waals surface area (Å²) in [5.74, 6) is -3.88. The second kappa shape index (κ2) is 11.2. The normalized spacial score (nSPS) is 9.36. The second-order valence-electron chi connectivity index (χ2n) is 4.08. The fraction of sp³-hybridized carbons (Fsp3) is 0.357. The second-order valence-corrected chi connectivity index (χ2v) is 4.08. The first-order valence-electron chi connectivity index (χ1n) is 6.33. The first-order chi connectivity index (χ1) is 10.4. The van der Waals surface area contributed by atoms with E-state index in [4.69, 9.17) is 24.9 Å². The van der Waals surface area contributed by atoms with Crippen molar-refractivity contribution in [2.45, 2.75) is 13.0 Å². The van der Waals surface area contributed by atoms with E-state index >= 15 is 0 Å². The highest BCUT2D eigenvalue weighted by Gasteiger charge is 2.04. The number of hydrogen-bond donors (Lipinski definition) is 4. The summed E-state index contributed by atoms with van der Waals surface area (Å²) in [5.41, 5.74) is 2.03. The average Bonchev–Trinajstić information content (AvgIpc) is 2.48. The van der Waals surface area contributed by atoms with Gasteiger partial charge in [-0.2, -0.15) is 0 Å². The van der Waals surface area contributed by atoms with Crippen molar-refractivity contribution in [1.29, 1.82) is 0 Å². The maximum atomic E-state index is 11.1. The molecule has 8 nitrogen and oxygen atoms in total. The highest BCUT2D eigenvalue weighted by atomic mass is 16.5. The van der Waals surface area contributed by atoms with Crippen molar-refractivity contribution >= 4 is 17.9 Å². The minimum atomic E-state index is -1.82. The molecule has 0 amide bonds. The predicted molar refractivity (Wildman–Crippen MR) is 76.2 cm³/mol. The largest absolute Gasteiger partial charge is 0.473 e. The molecule has 0 unspecified atom stereocenters. The number of carboxylic acids is 2. The van der Waals surface area contributed by atoms with E-state index in [9.17, 15) is 4.79 Å². The molecule has 0 aromatic heterocycles. The van der Waals surface area contributed by atoms with Crippen LogP contribution in [0.3, 0.4) is 0 Å². The van der Waals surface area contributed by atoms with Gasteiger partial charge in [0, 0.05) is 13.1 Å². The number of benzene rings is 1. The SMILES string of the molecule is COC(=O)Cc1cccc(CNCCO)c1.O=C(O)C(=O)O.